The number of anilines is 1. The Hall–Kier alpha value is -2.97. The fourth-order valence-corrected chi connectivity index (χ4v) is 3.87. The molecule has 1 aliphatic heterocycles. The van der Waals surface area contributed by atoms with Crippen LogP contribution in [-0.2, 0) is 9.59 Å². The fraction of sp³-hybridized carbons (Fsp3) is 0.100. The molecular weight excluding hydrogens is 396 g/mol. The number of carbonyl (C=O) groups is 3. The summed E-state index contributed by atoms with van der Waals surface area (Å²) in [5, 5.41) is 11.8. The highest BCUT2D eigenvalue weighted by atomic mass is 32.2. The lowest BCUT2D eigenvalue weighted by molar-refractivity contribution is -0.126. The van der Waals surface area contributed by atoms with Crippen LogP contribution < -0.4 is 5.32 Å². The highest BCUT2D eigenvalue weighted by Crippen LogP contribution is 2.32. The summed E-state index contributed by atoms with van der Waals surface area (Å²) in [7, 11) is 0. The van der Waals surface area contributed by atoms with Crippen LogP contribution in [0.1, 0.15) is 21.5 Å². The molecule has 142 valence electrons. The average Bonchev–Trinajstić information content (AvgIpc) is 2.90. The van der Waals surface area contributed by atoms with Gasteiger partial charge in [0.1, 0.15) is 10.9 Å². The zero-order chi connectivity index (χ0) is 20.3. The minimum absolute atomic E-state index is 0.0201. The summed E-state index contributed by atoms with van der Waals surface area (Å²) in [6.07, 6.45) is 1.72. The average molecular weight is 412 g/mol. The summed E-state index contributed by atoms with van der Waals surface area (Å²) in [4.78, 5) is 38.0. The highest BCUT2D eigenvalue weighted by Gasteiger charge is 2.33. The van der Waals surface area contributed by atoms with Gasteiger partial charge in [-0.3, -0.25) is 14.5 Å². The number of amides is 2. The van der Waals surface area contributed by atoms with E-state index < -0.39 is 11.9 Å². The number of rotatable bonds is 5. The van der Waals surface area contributed by atoms with E-state index in [0.717, 1.165) is 22.9 Å². The number of nitrogens with one attached hydrogen (secondary N) is 1. The van der Waals surface area contributed by atoms with Gasteiger partial charge in [0.05, 0.1) is 16.2 Å². The van der Waals surface area contributed by atoms with Crippen molar-refractivity contribution >= 4 is 57.8 Å². The van der Waals surface area contributed by atoms with E-state index in [2.05, 4.69) is 5.32 Å². The molecule has 0 spiro atoms. The maximum Gasteiger partial charge on any atom is 0.337 e. The van der Waals surface area contributed by atoms with Crippen LogP contribution in [0.5, 0.6) is 0 Å². The van der Waals surface area contributed by atoms with Crippen molar-refractivity contribution in [1.82, 2.24) is 4.90 Å². The quantitative estimate of drug-likeness (QED) is 0.577. The molecule has 0 unspecified atom stereocenters. The van der Waals surface area contributed by atoms with Gasteiger partial charge in [0.2, 0.25) is 5.91 Å². The number of thioether (sulfide) groups is 1. The van der Waals surface area contributed by atoms with Gasteiger partial charge in [0.15, 0.2) is 0 Å². The van der Waals surface area contributed by atoms with E-state index in [9.17, 15) is 19.5 Å². The lowest BCUT2D eigenvalue weighted by Gasteiger charge is -2.15. The molecule has 2 aromatic carbocycles. The highest BCUT2D eigenvalue weighted by molar-refractivity contribution is 8.26. The second kappa shape index (κ2) is 8.37. The number of carboxylic acid groups (broad SMARTS) is 1. The molecule has 1 saturated heterocycles. The molecule has 0 bridgehead atoms. The van der Waals surface area contributed by atoms with Crippen LogP contribution >= 0.6 is 24.0 Å². The first kappa shape index (κ1) is 19.8. The number of nitrogens with zero attached hydrogens (tertiary/aromatic N) is 1. The summed E-state index contributed by atoms with van der Waals surface area (Å²) in [6.45, 7) is 1.50. The number of carbonyl (C=O) groups excluding carboxylic acids is 2. The van der Waals surface area contributed by atoms with Gasteiger partial charge in [0.25, 0.3) is 5.91 Å². The number of aryl methyl sites for hydroxylation is 1. The van der Waals surface area contributed by atoms with Crippen LogP contribution in [-0.4, -0.2) is 38.7 Å². The van der Waals surface area contributed by atoms with Crippen molar-refractivity contribution in [3.63, 3.8) is 0 Å². The molecule has 1 fully saturated rings. The molecule has 0 saturated carbocycles. The number of aromatic carboxylic acids is 1. The third-order valence-corrected chi connectivity index (χ3v) is 5.33. The third kappa shape index (κ3) is 4.47. The predicted octanol–water partition coefficient (Wildman–Crippen LogP) is 3.53. The van der Waals surface area contributed by atoms with Crippen molar-refractivity contribution in [3.8, 4) is 0 Å². The van der Waals surface area contributed by atoms with Crippen LogP contribution in [0.25, 0.3) is 6.08 Å². The number of benzene rings is 2. The Balaban J connectivity index is 1.74. The Morgan fingerprint density at radius 3 is 2.61 bits per heavy atom. The summed E-state index contributed by atoms with van der Waals surface area (Å²) >= 11 is 6.37. The SMILES string of the molecule is Cc1ccc(C(=O)O)c(NC(=O)CN2C(=O)/C(=C/c3ccccc3)SC2=S)c1. The summed E-state index contributed by atoms with van der Waals surface area (Å²) < 4.78 is 0.282. The third-order valence-electron chi connectivity index (χ3n) is 3.95. The van der Waals surface area contributed by atoms with Crippen molar-refractivity contribution < 1.29 is 19.5 Å². The smallest absolute Gasteiger partial charge is 0.337 e. The van der Waals surface area contributed by atoms with Crippen molar-refractivity contribution in [3.05, 3.63) is 70.1 Å². The van der Waals surface area contributed by atoms with Gasteiger partial charge in [0, 0.05) is 0 Å². The van der Waals surface area contributed by atoms with E-state index in [1.165, 1.54) is 11.0 Å². The Kier molecular flexibility index (Phi) is 5.91. The predicted molar refractivity (Wildman–Crippen MR) is 113 cm³/mol. The zero-order valence-electron chi connectivity index (χ0n) is 14.8. The number of carboxylic acids is 1. The molecule has 0 radical (unpaired) electrons. The first-order valence-corrected chi connectivity index (χ1v) is 9.52. The molecule has 2 N–H and O–H groups in total. The van der Waals surface area contributed by atoms with Crippen LogP contribution in [0.2, 0.25) is 0 Å². The van der Waals surface area contributed by atoms with Gasteiger partial charge in [-0.2, -0.15) is 0 Å². The molecule has 1 aliphatic rings. The summed E-state index contributed by atoms with van der Waals surface area (Å²) in [5.41, 5.74) is 1.83. The van der Waals surface area contributed by atoms with Crippen molar-refractivity contribution in [2.24, 2.45) is 0 Å². The van der Waals surface area contributed by atoms with E-state index in [1.807, 2.05) is 30.3 Å². The molecular formula is C20H16N2O4S2. The largest absolute Gasteiger partial charge is 0.478 e. The van der Waals surface area contributed by atoms with Crippen molar-refractivity contribution in [1.29, 1.82) is 0 Å². The summed E-state index contributed by atoms with van der Waals surface area (Å²) in [6, 6.07) is 14.0. The molecule has 0 aliphatic carbocycles. The number of hydrogen-bond donors (Lipinski definition) is 2. The molecule has 1 heterocycles. The van der Waals surface area contributed by atoms with Crippen molar-refractivity contribution in [2.75, 3.05) is 11.9 Å². The maximum absolute atomic E-state index is 12.6. The van der Waals surface area contributed by atoms with E-state index >= 15 is 0 Å². The molecule has 0 aromatic heterocycles. The maximum atomic E-state index is 12.6. The van der Waals surface area contributed by atoms with E-state index in [1.54, 1.807) is 25.1 Å². The van der Waals surface area contributed by atoms with E-state index in [-0.39, 0.29) is 28.0 Å². The fourth-order valence-electron chi connectivity index (χ4n) is 2.62. The second-order valence-corrected chi connectivity index (χ2v) is 7.76. The first-order chi connectivity index (χ1) is 13.3. The van der Waals surface area contributed by atoms with E-state index in [0.29, 0.717) is 4.91 Å². The monoisotopic (exact) mass is 412 g/mol. The van der Waals surface area contributed by atoms with Crippen LogP contribution in [0.4, 0.5) is 5.69 Å². The minimum atomic E-state index is -1.15. The molecule has 3 rings (SSSR count). The lowest BCUT2D eigenvalue weighted by Crippen LogP contribution is -2.36. The zero-order valence-corrected chi connectivity index (χ0v) is 16.5. The Morgan fingerprint density at radius 1 is 1.21 bits per heavy atom. The molecule has 2 aromatic rings. The minimum Gasteiger partial charge on any atom is -0.478 e. The van der Waals surface area contributed by atoms with Crippen LogP contribution in [0.3, 0.4) is 0 Å². The van der Waals surface area contributed by atoms with Crippen LogP contribution in [0.15, 0.2) is 53.4 Å². The standard InChI is InChI=1S/C20H16N2O4S2/c1-12-7-8-14(19(25)26)15(9-12)21-17(23)11-22-18(24)16(28-20(22)27)10-13-5-3-2-4-6-13/h2-10H,11H2,1H3,(H,21,23)(H,25,26)/b16-10-. The summed E-state index contributed by atoms with van der Waals surface area (Å²) in [5.74, 6) is -2.02. The molecule has 8 heteroatoms. The Morgan fingerprint density at radius 2 is 1.93 bits per heavy atom. The van der Waals surface area contributed by atoms with Gasteiger partial charge >= 0.3 is 5.97 Å². The normalized spacial score (nSPS) is 15.2. The second-order valence-electron chi connectivity index (χ2n) is 6.08. The van der Waals surface area contributed by atoms with Gasteiger partial charge in [-0.1, -0.05) is 60.4 Å². The Labute approximate surface area is 171 Å². The van der Waals surface area contributed by atoms with Gasteiger partial charge in [-0.25, -0.2) is 4.79 Å². The van der Waals surface area contributed by atoms with Crippen LogP contribution in [0, 0.1) is 6.92 Å². The molecule has 6 nitrogen and oxygen atoms in total. The number of hydrogen-bond acceptors (Lipinski definition) is 5. The van der Waals surface area contributed by atoms with Gasteiger partial charge < -0.3 is 10.4 Å². The molecule has 2 amide bonds. The van der Waals surface area contributed by atoms with Gasteiger partial charge in [-0.05, 0) is 36.3 Å². The van der Waals surface area contributed by atoms with Gasteiger partial charge in [-0.15, -0.1) is 0 Å². The molecule has 0 atom stereocenters. The Bertz CT molecular complexity index is 1000. The van der Waals surface area contributed by atoms with Crippen molar-refractivity contribution in [2.45, 2.75) is 6.92 Å². The number of thiocarbonyl (C=S) groups is 1. The molecule has 28 heavy (non-hydrogen) atoms. The van der Waals surface area contributed by atoms with E-state index in [4.69, 9.17) is 12.2 Å². The topological polar surface area (TPSA) is 86.7 Å². The lowest BCUT2D eigenvalue weighted by atomic mass is 10.1. The first-order valence-electron chi connectivity index (χ1n) is 8.29.